The summed E-state index contributed by atoms with van der Waals surface area (Å²) < 4.78 is 16.0. The number of hydrogen-bond acceptors (Lipinski definition) is 4. The molecule has 0 fully saturated rings. The molecule has 0 aromatic rings. The lowest BCUT2D eigenvalue weighted by Gasteiger charge is -2.06. The van der Waals surface area contributed by atoms with Crippen molar-refractivity contribution in [3.05, 3.63) is 0 Å². The minimum Gasteiger partial charge on any atom is -0.379 e. The molecule has 0 rings (SSSR count). The minimum atomic E-state index is 0.668. The van der Waals surface area contributed by atoms with Crippen LogP contribution in [0.2, 0.25) is 0 Å². The van der Waals surface area contributed by atoms with Crippen molar-refractivity contribution in [1.82, 2.24) is 5.32 Å². The van der Waals surface area contributed by atoms with E-state index in [1.807, 2.05) is 7.05 Å². The molecule has 4 nitrogen and oxygen atoms in total. The molecular formula is C12H27NO3. The van der Waals surface area contributed by atoms with Gasteiger partial charge in [-0.25, -0.2) is 0 Å². The van der Waals surface area contributed by atoms with Crippen molar-refractivity contribution >= 4 is 0 Å². The summed E-state index contributed by atoms with van der Waals surface area (Å²) in [6.45, 7) is 7.54. The van der Waals surface area contributed by atoms with E-state index in [0.717, 1.165) is 32.6 Å². The van der Waals surface area contributed by atoms with E-state index in [4.69, 9.17) is 14.2 Å². The monoisotopic (exact) mass is 233 g/mol. The first kappa shape index (κ1) is 15.8. The van der Waals surface area contributed by atoms with Crippen LogP contribution in [0.3, 0.4) is 0 Å². The van der Waals surface area contributed by atoms with Crippen molar-refractivity contribution < 1.29 is 14.2 Å². The van der Waals surface area contributed by atoms with Crippen molar-refractivity contribution in [3.8, 4) is 0 Å². The van der Waals surface area contributed by atoms with Gasteiger partial charge in [0.25, 0.3) is 0 Å². The summed E-state index contributed by atoms with van der Waals surface area (Å²) in [6, 6.07) is 0. The molecule has 1 N–H and O–H groups in total. The molecule has 0 amide bonds. The molecule has 0 aliphatic carbocycles. The molecule has 0 atom stereocenters. The Balaban J connectivity index is 2.83. The van der Waals surface area contributed by atoms with Gasteiger partial charge in [0.15, 0.2) is 0 Å². The normalized spacial score (nSPS) is 10.9. The van der Waals surface area contributed by atoms with Crippen molar-refractivity contribution in [2.24, 2.45) is 0 Å². The molecule has 0 saturated carbocycles. The van der Waals surface area contributed by atoms with E-state index in [-0.39, 0.29) is 0 Å². The fourth-order valence-electron chi connectivity index (χ4n) is 1.19. The van der Waals surface area contributed by atoms with Gasteiger partial charge in [0, 0.05) is 13.2 Å². The molecule has 0 aromatic heterocycles. The Morgan fingerprint density at radius 1 is 0.750 bits per heavy atom. The van der Waals surface area contributed by atoms with Gasteiger partial charge in [-0.1, -0.05) is 6.92 Å². The van der Waals surface area contributed by atoms with Crippen LogP contribution >= 0.6 is 0 Å². The largest absolute Gasteiger partial charge is 0.379 e. The van der Waals surface area contributed by atoms with E-state index in [1.165, 1.54) is 6.42 Å². The van der Waals surface area contributed by atoms with Gasteiger partial charge in [0.1, 0.15) is 0 Å². The Labute approximate surface area is 99.6 Å². The van der Waals surface area contributed by atoms with Gasteiger partial charge in [-0.15, -0.1) is 0 Å². The number of unbranched alkanes of at least 4 members (excludes halogenated alkanes) is 1. The zero-order valence-electron chi connectivity index (χ0n) is 10.8. The highest BCUT2D eigenvalue weighted by atomic mass is 16.5. The SMILES string of the molecule is CCCOCCOCCOCCCCNC. The number of nitrogens with one attached hydrogen (secondary N) is 1. The van der Waals surface area contributed by atoms with Gasteiger partial charge < -0.3 is 19.5 Å². The van der Waals surface area contributed by atoms with E-state index < -0.39 is 0 Å². The summed E-state index contributed by atoms with van der Waals surface area (Å²) in [5.41, 5.74) is 0. The lowest BCUT2D eigenvalue weighted by molar-refractivity contribution is 0.0141. The van der Waals surface area contributed by atoms with E-state index in [9.17, 15) is 0 Å². The van der Waals surface area contributed by atoms with Crippen molar-refractivity contribution in [2.75, 3.05) is 53.2 Å². The number of rotatable bonds is 13. The van der Waals surface area contributed by atoms with Gasteiger partial charge in [0.2, 0.25) is 0 Å². The maximum atomic E-state index is 5.41. The highest BCUT2D eigenvalue weighted by Gasteiger charge is 1.91. The topological polar surface area (TPSA) is 39.7 Å². The van der Waals surface area contributed by atoms with Gasteiger partial charge in [-0.3, -0.25) is 0 Å². The highest BCUT2D eigenvalue weighted by Crippen LogP contribution is 1.89. The Morgan fingerprint density at radius 2 is 1.31 bits per heavy atom. The predicted octanol–water partition coefficient (Wildman–Crippen LogP) is 1.45. The van der Waals surface area contributed by atoms with Gasteiger partial charge in [-0.2, -0.15) is 0 Å². The second-order valence-electron chi connectivity index (χ2n) is 3.65. The summed E-state index contributed by atoms with van der Waals surface area (Å²) in [5, 5.41) is 3.11. The van der Waals surface area contributed by atoms with E-state index in [1.54, 1.807) is 0 Å². The molecule has 0 aliphatic heterocycles. The van der Waals surface area contributed by atoms with Crippen LogP contribution in [0.4, 0.5) is 0 Å². The van der Waals surface area contributed by atoms with Crippen LogP contribution in [0.1, 0.15) is 26.2 Å². The lowest BCUT2D eigenvalue weighted by Crippen LogP contribution is -2.11. The third kappa shape index (κ3) is 13.8. The van der Waals surface area contributed by atoms with Crippen molar-refractivity contribution in [1.29, 1.82) is 0 Å². The molecule has 0 heterocycles. The van der Waals surface area contributed by atoms with Crippen LogP contribution in [0.5, 0.6) is 0 Å². The average Bonchev–Trinajstić information content (AvgIpc) is 2.31. The summed E-state index contributed by atoms with van der Waals surface area (Å²) in [7, 11) is 1.97. The molecule has 0 aromatic carbocycles. The molecule has 0 saturated heterocycles. The first-order valence-corrected chi connectivity index (χ1v) is 6.29. The van der Waals surface area contributed by atoms with Gasteiger partial charge in [0.05, 0.1) is 26.4 Å². The molecule has 0 unspecified atom stereocenters. The van der Waals surface area contributed by atoms with Crippen LogP contribution in [0, 0.1) is 0 Å². The molecule has 0 bridgehead atoms. The van der Waals surface area contributed by atoms with Crippen molar-refractivity contribution in [3.63, 3.8) is 0 Å². The number of hydrogen-bond donors (Lipinski definition) is 1. The first-order valence-electron chi connectivity index (χ1n) is 6.29. The summed E-state index contributed by atoms with van der Waals surface area (Å²) >= 11 is 0. The molecule has 0 spiro atoms. The zero-order chi connectivity index (χ0) is 11.9. The van der Waals surface area contributed by atoms with Crippen LogP contribution in [-0.2, 0) is 14.2 Å². The second-order valence-corrected chi connectivity index (χ2v) is 3.65. The third-order valence-corrected chi connectivity index (χ3v) is 2.06. The lowest BCUT2D eigenvalue weighted by atomic mass is 10.3. The maximum absolute atomic E-state index is 5.41. The van der Waals surface area contributed by atoms with E-state index in [2.05, 4.69) is 12.2 Å². The Morgan fingerprint density at radius 3 is 1.88 bits per heavy atom. The third-order valence-electron chi connectivity index (χ3n) is 2.06. The summed E-state index contributed by atoms with van der Waals surface area (Å²) in [6.07, 6.45) is 3.35. The quantitative estimate of drug-likeness (QED) is 0.489. The van der Waals surface area contributed by atoms with Gasteiger partial charge >= 0.3 is 0 Å². The molecular weight excluding hydrogens is 206 g/mol. The average molecular weight is 233 g/mol. The fraction of sp³-hybridized carbons (Fsp3) is 1.00. The highest BCUT2D eigenvalue weighted by molar-refractivity contribution is 4.42. The predicted molar refractivity (Wildman–Crippen MR) is 65.9 cm³/mol. The summed E-state index contributed by atoms with van der Waals surface area (Å²) in [4.78, 5) is 0. The summed E-state index contributed by atoms with van der Waals surface area (Å²) in [5.74, 6) is 0. The maximum Gasteiger partial charge on any atom is 0.0701 e. The first-order chi connectivity index (χ1) is 7.91. The molecule has 16 heavy (non-hydrogen) atoms. The van der Waals surface area contributed by atoms with Crippen LogP contribution < -0.4 is 5.32 Å². The fourth-order valence-corrected chi connectivity index (χ4v) is 1.19. The molecule has 0 radical (unpaired) electrons. The Kier molecular flexibility index (Phi) is 14.7. The standard InChI is InChI=1S/C12H27NO3/c1-3-7-14-9-11-16-12-10-15-8-5-4-6-13-2/h13H,3-12H2,1-2H3. The zero-order valence-corrected chi connectivity index (χ0v) is 10.8. The molecule has 0 aliphatic rings. The Bertz CT molecular complexity index is 109. The smallest absolute Gasteiger partial charge is 0.0701 e. The molecule has 4 heteroatoms. The van der Waals surface area contributed by atoms with Gasteiger partial charge in [-0.05, 0) is 32.9 Å². The second kappa shape index (κ2) is 14.8. The van der Waals surface area contributed by atoms with E-state index in [0.29, 0.717) is 26.4 Å². The van der Waals surface area contributed by atoms with E-state index >= 15 is 0 Å². The van der Waals surface area contributed by atoms with Crippen molar-refractivity contribution in [2.45, 2.75) is 26.2 Å². The molecule has 98 valence electrons. The minimum absolute atomic E-state index is 0.668. The van der Waals surface area contributed by atoms with Crippen LogP contribution in [0.15, 0.2) is 0 Å². The Hall–Kier alpha value is -0.160. The number of ether oxygens (including phenoxy) is 3. The van der Waals surface area contributed by atoms with Crippen LogP contribution in [-0.4, -0.2) is 53.2 Å². The van der Waals surface area contributed by atoms with Crippen LogP contribution in [0.25, 0.3) is 0 Å².